The van der Waals surface area contributed by atoms with Gasteiger partial charge in [0.2, 0.25) is 5.43 Å². The van der Waals surface area contributed by atoms with Crippen molar-refractivity contribution in [3.05, 3.63) is 64.0 Å². The topological polar surface area (TPSA) is 84.2 Å². The van der Waals surface area contributed by atoms with Crippen molar-refractivity contribution < 1.29 is 28.2 Å². The van der Waals surface area contributed by atoms with Crippen molar-refractivity contribution in [3.63, 3.8) is 0 Å². The molecule has 0 amide bonds. The summed E-state index contributed by atoms with van der Waals surface area (Å²) in [4.78, 5) is 26.8. The standard InChI is InChI=1S/C48H62O7/c1-29(2)9-7-10-30(3)38-16-17-39-36-14-12-33-26-35(19-21-47(33,5)40(36)20-22-48(38,39)6)55-44(49)28-53-34-13-15-37-42(27-34)54-31(4)45(46(37)50)32-11-18-41-43(25-32)52-24-8-23-51-41/h11-13,15,18,25,27,29-30,35-36,38-40H,7-10,14,16-17,19-24,26,28H2,1-6H3/t30-,35-,36+,38-,39+,40+,47-,48+/m0/s1. The van der Waals surface area contributed by atoms with E-state index in [0.717, 1.165) is 61.2 Å². The Morgan fingerprint density at radius 1 is 0.927 bits per heavy atom. The van der Waals surface area contributed by atoms with Crippen LogP contribution in [0.25, 0.3) is 22.1 Å². The normalized spacial score (nSPS) is 30.5. The Labute approximate surface area is 327 Å². The average Bonchev–Trinajstić information content (AvgIpc) is 3.34. The van der Waals surface area contributed by atoms with Gasteiger partial charge in [0.05, 0.1) is 24.2 Å². The molecule has 0 N–H and O–H groups in total. The number of benzene rings is 2. The van der Waals surface area contributed by atoms with Crippen molar-refractivity contribution in [2.24, 2.45) is 46.3 Å². The summed E-state index contributed by atoms with van der Waals surface area (Å²) in [6.45, 7) is 15.2. The van der Waals surface area contributed by atoms with Crippen molar-refractivity contribution in [3.8, 4) is 28.4 Å². The third-order valence-corrected chi connectivity index (χ3v) is 15.0. The Balaban J connectivity index is 0.878. The molecule has 1 aliphatic heterocycles. The highest BCUT2D eigenvalue weighted by atomic mass is 16.6. The molecule has 8 atom stereocenters. The number of aryl methyl sites for hydroxylation is 1. The largest absolute Gasteiger partial charge is 0.490 e. The fourth-order valence-corrected chi connectivity index (χ4v) is 12.1. The van der Waals surface area contributed by atoms with E-state index in [1.54, 1.807) is 25.1 Å². The first-order chi connectivity index (χ1) is 26.4. The third-order valence-electron chi connectivity index (χ3n) is 15.0. The van der Waals surface area contributed by atoms with Gasteiger partial charge in [-0.15, -0.1) is 0 Å². The van der Waals surface area contributed by atoms with Gasteiger partial charge in [-0.05, 0) is 128 Å². The number of hydrogen-bond acceptors (Lipinski definition) is 7. The van der Waals surface area contributed by atoms with Gasteiger partial charge in [0.25, 0.3) is 0 Å². The quantitative estimate of drug-likeness (QED) is 0.151. The van der Waals surface area contributed by atoms with Gasteiger partial charge >= 0.3 is 5.97 Å². The number of esters is 1. The Kier molecular flexibility index (Phi) is 10.6. The highest BCUT2D eigenvalue weighted by Gasteiger charge is 2.59. The monoisotopic (exact) mass is 750 g/mol. The summed E-state index contributed by atoms with van der Waals surface area (Å²) in [5, 5.41) is 0.442. The zero-order valence-electron chi connectivity index (χ0n) is 34.0. The minimum atomic E-state index is -0.363. The van der Waals surface area contributed by atoms with Crippen LogP contribution in [-0.4, -0.2) is 31.9 Å². The molecule has 7 heteroatoms. The minimum Gasteiger partial charge on any atom is -0.490 e. The van der Waals surface area contributed by atoms with Gasteiger partial charge in [0.1, 0.15) is 23.2 Å². The van der Waals surface area contributed by atoms with Crippen molar-refractivity contribution in [1.29, 1.82) is 0 Å². The van der Waals surface area contributed by atoms with E-state index in [-0.39, 0.29) is 29.5 Å². The molecule has 4 aliphatic carbocycles. The number of rotatable bonds is 10. The van der Waals surface area contributed by atoms with Crippen LogP contribution in [0.3, 0.4) is 0 Å². The number of fused-ring (bicyclic) bond motifs is 7. The third kappa shape index (κ3) is 7.23. The molecule has 55 heavy (non-hydrogen) atoms. The van der Waals surface area contributed by atoms with E-state index in [1.807, 2.05) is 18.2 Å². The zero-order valence-corrected chi connectivity index (χ0v) is 34.0. The van der Waals surface area contributed by atoms with Gasteiger partial charge < -0.3 is 23.4 Å². The van der Waals surface area contributed by atoms with Crippen LogP contribution in [0.1, 0.15) is 117 Å². The van der Waals surface area contributed by atoms with E-state index in [9.17, 15) is 9.59 Å². The molecule has 2 aromatic carbocycles. The number of hydrogen-bond donors (Lipinski definition) is 0. The maximum absolute atomic E-state index is 13.7. The van der Waals surface area contributed by atoms with Gasteiger partial charge in [-0.1, -0.05) is 71.6 Å². The van der Waals surface area contributed by atoms with Gasteiger partial charge in [-0.2, -0.15) is 0 Å². The van der Waals surface area contributed by atoms with Crippen LogP contribution < -0.4 is 19.6 Å². The fraction of sp³-hybridized carbons (Fsp3) is 0.625. The second-order valence-electron chi connectivity index (χ2n) is 18.7. The first-order valence-corrected chi connectivity index (χ1v) is 21.4. The average molecular weight is 751 g/mol. The molecule has 7 nitrogen and oxygen atoms in total. The van der Waals surface area contributed by atoms with Gasteiger partial charge in [0, 0.05) is 18.9 Å². The Morgan fingerprint density at radius 3 is 2.56 bits per heavy atom. The van der Waals surface area contributed by atoms with Crippen LogP contribution in [0.15, 0.2) is 57.3 Å². The molecule has 0 saturated heterocycles. The summed E-state index contributed by atoms with van der Waals surface area (Å²) < 4.78 is 29.7. The molecule has 3 fully saturated rings. The van der Waals surface area contributed by atoms with E-state index < -0.39 is 0 Å². The van der Waals surface area contributed by atoms with Crippen molar-refractivity contribution in [2.75, 3.05) is 19.8 Å². The van der Waals surface area contributed by atoms with E-state index in [0.29, 0.717) is 63.7 Å². The summed E-state index contributed by atoms with van der Waals surface area (Å²) in [6.07, 6.45) is 16.9. The lowest BCUT2D eigenvalue weighted by Crippen LogP contribution is -2.51. The lowest BCUT2D eigenvalue weighted by molar-refractivity contribution is -0.153. The molecular formula is C48H62O7. The molecule has 1 aromatic heterocycles. The summed E-state index contributed by atoms with van der Waals surface area (Å²) in [5.74, 6) is 6.75. The van der Waals surface area contributed by atoms with E-state index in [4.69, 9.17) is 23.4 Å². The predicted molar refractivity (Wildman–Crippen MR) is 217 cm³/mol. The number of carbonyl (C=O) groups excluding carboxylic acids is 1. The predicted octanol–water partition coefficient (Wildman–Crippen LogP) is 11.3. The second kappa shape index (κ2) is 15.3. The van der Waals surface area contributed by atoms with Crippen LogP contribution in [0, 0.1) is 53.3 Å². The molecule has 296 valence electrons. The Hall–Kier alpha value is -3.74. The number of allylic oxidation sites excluding steroid dienone is 1. The molecule has 3 saturated carbocycles. The van der Waals surface area contributed by atoms with Crippen molar-refractivity contribution in [1.82, 2.24) is 0 Å². The molecule has 5 aliphatic rings. The zero-order chi connectivity index (χ0) is 38.5. The molecule has 0 spiro atoms. The van der Waals surface area contributed by atoms with Crippen LogP contribution in [0.4, 0.5) is 0 Å². The molecule has 2 heterocycles. The SMILES string of the molecule is Cc1oc2cc(OCC(=O)O[C@H]3CC[C@@]4(C)C(=CC[C@@H]5[C@H]6CC[C@@H]([C@@H](C)CCCC(C)C)[C@@]6(C)CC[C@H]54)C3)ccc2c(=O)c1-c1ccc2c(c1)OCCCO2. The summed E-state index contributed by atoms with van der Waals surface area (Å²) in [6, 6.07) is 10.6. The summed E-state index contributed by atoms with van der Waals surface area (Å²) >= 11 is 0. The molecule has 0 unspecified atom stereocenters. The molecule has 0 bridgehead atoms. The lowest BCUT2D eigenvalue weighted by Gasteiger charge is -2.58. The summed E-state index contributed by atoms with van der Waals surface area (Å²) in [7, 11) is 0. The highest BCUT2D eigenvalue weighted by molar-refractivity contribution is 5.84. The Morgan fingerprint density at radius 2 is 1.75 bits per heavy atom. The van der Waals surface area contributed by atoms with Crippen LogP contribution in [-0.2, 0) is 9.53 Å². The lowest BCUT2D eigenvalue weighted by atomic mass is 9.47. The van der Waals surface area contributed by atoms with Crippen LogP contribution in [0.2, 0.25) is 0 Å². The Bertz CT molecular complexity index is 1990. The van der Waals surface area contributed by atoms with Gasteiger partial charge in [0.15, 0.2) is 18.1 Å². The summed E-state index contributed by atoms with van der Waals surface area (Å²) in [5.41, 5.74) is 3.69. The molecular weight excluding hydrogens is 689 g/mol. The minimum absolute atomic E-state index is 0.121. The maximum Gasteiger partial charge on any atom is 0.344 e. The first-order valence-electron chi connectivity index (χ1n) is 21.4. The van der Waals surface area contributed by atoms with Crippen LogP contribution in [0.5, 0.6) is 17.2 Å². The van der Waals surface area contributed by atoms with Gasteiger partial charge in [-0.25, -0.2) is 4.79 Å². The van der Waals surface area contributed by atoms with Crippen LogP contribution >= 0.6 is 0 Å². The molecule has 3 aromatic rings. The van der Waals surface area contributed by atoms with E-state index >= 15 is 0 Å². The van der Waals surface area contributed by atoms with E-state index in [2.05, 4.69) is 40.7 Å². The smallest absolute Gasteiger partial charge is 0.344 e. The van der Waals surface area contributed by atoms with Crippen molar-refractivity contribution in [2.45, 2.75) is 125 Å². The molecule has 0 radical (unpaired) electrons. The molecule has 8 rings (SSSR count). The number of carbonyl (C=O) groups is 1. The van der Waals surface area contributed by atoms with E-state index in [1.165, 1.54) is 56.9 Å². The second-order valence-corrected chi connectivity index (χ2v) is 18.7. The van der Waals surface area contributed by atoms with Crippen molar-refractivity contribution >= 4 is 16.9 Å². The number of ether oxygens (including phenoxy) is 4. The fourth-order valence-electron chi connectivity index (χ4n) is 12.1. The first kappa shape index (κ1) is 38.1. The highest BCUT2D eigenvalue weighted by Crippen LogP contribution is 2.67. The van der Waals surface area contributed by atoms with Gasteiger partial charge in [-0.3, -0.25) is 4.79 Å². The maximum atomic E-state index is 13.7.